The van der Waals surface area contributed by atoms with E-state index >= 15 is 0 Å². The van der Waals surface area contributed by atoms with Crippen molar-refractivity contribution in [1.29, 1.82) is 0 Å². The number of hydrogen-bond donors (Lipinski definition) is 3. The molecule has 1 saturated heterocycles. The SMILES string of the molecule is CC(NC(=O)NCC(C)(C)C(=O)O)C(=O)N1CCCC1. The summed E-state index contributed by atoms with van der Waals surface area (Å²) in [5.74, 6) is -1.09. The van der Waals surface area contributed by atoms with Crippen molar-refractivity contribution < 1.29 is 19.5 Å². The quantitative estimate of drug-likeness (QED) is 0.681. The molecule has 1 heterocycles. The summed E-state index contributed by atoms with van der Waals surface area (Å²) in [5.41, 5.74) is -1.04. The number of likely N-dealkylation sites (tertiary alicyclic amines) is 1. The van der Waals surface area contributed by atoms with E-state index in [9.17, 15) is 14.4 Å². The van der Waals surface area contributed by atoms with Crippen LogP contribution in [0, 0.1) is 5.41 Å². The molecule has 1 aliphatic rings. The highest BCUT2D eigenvalue weighted by Crippen LogP contribution is 2.13. The zero-order valence-electron chi connectivity index (χ0n) is 12.2. The first-order valence-electron chi connectivity index (χ1n) is 6.80. The van der Waals surface area contributed by atoms with E-state index in [1.165, 1.54) is 13.8 Å². The van der Waals surface area contributed by atoms with E-state index < -0.39 is 23.5 Å². The van der Waals surface area contributed by atoms with E-state index in [1.54, 1.807) is 11.8 Å². The van der Waals surface area contributed by atoms with Gasteiger partial charge in [-0.25, -0.2) is 4.79 Å². The van der Waals surface area contributed by atoms with Gasteiger partial charge in [0.15, 0.2) is 0 Å². The van der Waals surface area contributed by atoms with Gasteiger partial charge < -0.3 is 20.6 Å². The number of rotatable bonds is 5. The van der Waals surface area contributed by atoms with Crippen molar-refractivity contribution in [3.8, 4) is 0 Å². The van der Waals surface area contributed by atoms with Crippen LogP contribution < -0.4 is 10.6 Å². The Balaban J connectivity index is 2.38. The van der Waals surface area contributed by atoms with E-state index in [0.717, 1.165) is 25.9 Å². The van der Waals surface area contributed by atoms with Crippen LogP contribution in [0.4, 0.5) is 4.79 Å². The molecule has 3 N–H and O–H groups in total. The molecular formula is C13H23N3O4. The minimum Gasteiger partial charge on any atom is -0.481 e. The van der Waals surface area contributed by atoms with E-state index in [0.29, 0.717) is 0 Å². The molecule has 1 fully saturated rings. The van der Waals surface area contributed by atoms with Crippen molar-refractivity contribution in [2.45, 2.75) is 39.7 Å². The molecule has 0 radical (unpaired) electrons. The number of urea groups is 1. The maximum absolute atomic E-state index is 12.0. The summed E-state index contributed by atoms with van der Waals surface area (Å²) in [7, 11) is 0. The van der Waals surface area contributed by atoms with E-state index in [2.05, 4.69) is 10.6 Å². The Hall–Kier alpha value is -1.79. The van der Waals surface area contributed by atoms with Gasteiger partial charge in [0.2, 0.25) is 5.91 Å². The van der Waals surface area contributed by atoms with Gasteiger partial charge in [-0.2, -0.15) is 0 Å². The van der Waals surface area contributed by atoms with Gasteiger partial charge >= 0.3 is 12.0 Å². The van der Waals surface area contributed by atoms with E-state index in [1.807, 2.05) is 0 Å². The average molecular weight is 285 g/mol. The van der Waals surface area contributed by atoms with Crippen molar-refractivity contribution in [2.75, 3.05) is 19.6 Å². The van der Waals surface area contributed by atoms with Crippen molar-refractivity contribution in [2.24, 2.45) is 5.41 Å². The monoisotopic (exact) mass is 285 g/mol. The first-order chi connectivity index (χ1) is 9.24. The first-order valence-corrected chi connectivity index (χ1v) is 6.80. The maximum atomic E-state index is 12.0. The van der Waals surface area contributed by atoms with Gasteiger partial charge in [0, 0.05) is 19.6 Å². The normalized spacial score (nSPS) is 16.6. The molecule has 0 spiro atoms. The van der Waals surface area contributed by atoms with Crippen molar-refractivity contribution in [1.82, 2.24) is 15.5 Å². The number of nitrogens with one attached hydrogen (secondary N) is 2. The van der Waals surface area contributed by atoms with Crippen molar-refractivity contribution in [3.63, 3.8) is 0 Å². The highest BCUT2D eigenvalue weighted by molar-refractivity contribution is 5.87. The first kappa shape index (κ1) is 16.3. The van der Waals surface area contributed by atoms with Gasteiger partial charge in [-0.1, -0.05) is 0 Å². The van der Waals surface area contributed by atoms with Gasteiger partial charge in [0.05, 0.1) is 5.41 Å². The zero-order chi connectivity index (χ0) is 15.3. The molecule has 7 nitrogen and oxygen atoms in total. The summed E-state index contributed by atoms with van der Waals surface area (Å²) in [4.78, 5) is 36.3. The molecule has 0 aromatic carbocycles. The van der Waals surface area contributed by atoms with Gasteiger partial charge in [-0.15, -0.1) is 0 Å². The number of hydrogen-bond acceptors (Lipinski definition) is 3. The Bertz CT molecular complexity index is 389. The number of aliphatic carboxylic acids is 1. The Morgan fingerprint density at radius 3 is 2.30 bits per heavy atom. The summed E-state index contributed by atoms with van der Waals surface area (Å²) >= 11 is 0. The lowest BCUT2D eigenvalue weighted by molar-refractivity contribution is -0.146. The van der Waals surface area contributed by atoms with Crippen LogP contribution in [0.1, 0.15) is 33.6 Å². The fourth-order valence-corrected chi connectivity index (χ4v) is 1.90. The number of carboxylic acids is 1. The number of carboxylic acid groups (broad SMARTS) is 1. The predicted molar refractivity (Wildman–Crippen MR) is 73.2 cm³/mol. The number of carbonyl (C=O) groups excluding carboxylic acids is 2. The summed E-state index contributed by atoms with van der Waals surface area (Å²) < 4.78 is 0. The molecule has 7 heteroatoms. The molecule has 3 amide bonds. The lowest BCUT2D eigenvalue weighted by atomic mass is 9.94. The van der Waals surface area contributed by atoms with Crippen LogP contribution in [0.3, 0.4) is 0 Å². The second-order valence-corrected chi connectivity index (χ2v) is 5.77. The average Bonchev–Trinajstić information content (AvgIpc) is 2.89. The van der Waals surface area contributed by atoms with Crippen LogP contribution >= 0.6 is 0 Å². The molecule has 0 aromatic rings. The third-order valence-corrected chi connectivity index (χ3v) is 3.41. The van der Waals surface area contributed by atoms with Gasteiger partial charge in [-0.3, -0.25) is 9.59 Å². The molecule has 0 saturated carbocycles. The highest BCUT2D eigenvalue weighted by Gasteiger charge is 2.28. The third kappa shape index (κ3) is 4.40. The lowest BCUT2D eigenvalue weighted by Gasteiger charge is -2.23. The van der Waals surface area contributed by atoms with Gasteiger partial charge in [-0.05, 0) is 33.6 Å². The number of carbonyl (C=O) groups is 3. The Morgan fingerprint density at radius 1 is 1.25 bits per heavy atom. The summed E-state index contributed by atoms with van der Waals surface area (Å²) in [5, 5.41) is 13.9. The molecule has 1 unspecified atom stereocenters. The van der Waals surface area contributed by atoms with E-state index in [-0.39, 0.29) is 12.5 Å². The van der Waals surface area contributed by atoms with Crippen molar-refractivity contribution in [3.05, 3.63) is 0 Å². The minimum absolute atomic E-state index is 0.00120. The maximum Gasteiger partial charge on any atom is 0.315 e. The van der Waals surface area contributed by atoms with Crippen molar-refractivity contribution >= 4 is 17.9 Å². The van der Waals surface area contributed by atoms with Crippen LogP contribution in [0.5, 0.6) is 0 Å². The van der Waals surface area contributed by atoms with E-state index in [4.69, 9.17) is 5.11 Å². The number of amides is 3. The molecule has 1 aliphatic heterocycles. The standard InChI is InChI=1S/C13H23N3O4/c1-9(10(17)16-6-4-5-7-16)15-12(20)14-8-13(2,3)11(18)19/h9H,4-8H2,1-3H3,(H,18,19)(H2,14,15,20). The number of nitrogens with zero attached hydrogens (tertiary/aromatic N) is 1. The zero-order valence-corrected chi connectivity index (χ0v) is 12.2. The van der Waals surface area contributed by atoms with Gasteiger partial charge in [0.25, 0.3) is 0 Å². The molecule has 0 bridgehead atoms. The van der Waals surface area contributed by atoms with Crippen LogP contribution in [-0.4, -0.2) is 53.6 Å². The summed E-state index contributed by atoms with van der Waals surface area (Å²) in [6.45, 7) is 6.14. The van der Waals surface area contributed by atoms with Crippen LogP contribution in [0.2, 0.25) is 0 Å². The Morgan fingerprint density at radius 2 is 1.80 bits per heavy atom. The Labute approximate surface area is 118 Å². The Kier molecular flexibility index (Phi) is 5.35. The summed E-state index contributed by atoms with van der Waals surface area (Å²) in [6, 6.07) is -1.14. The third-order valence-electron chi connectivity index (χ3n) is 3.41. The molecule has 1 atom stereocenters. The van der Waals surface area contributed by atoms with Crippen LogP contribution in [-0.2, 0) is 9.59 Å². The molecular weight excluding hydrogens is 262 g/mol. The smallest absolute Gasteiger partial charge is 0.315 e. The molecule has 1 rings (SSSR count). The minimum atomic E-state index is -1.04. The van der Waals surface area contributed by atoms with Crippen LogP contribution in [0.15, 0.2) is 0 Å². The largest absolute Gasteiger partial charge is 0.481 e. The van der Waals surface area contributed by atoms with Gasteiger partial charge in [0.1, 0.15) is 6.04 Å². The highest BCUT2D eigenvalue weighted by atomic mass is 16.4. The second-order valence-electron chi connectivity index (χ2n) is 5.77. The molecule has 20 heavy (non-hydrogen) atoms. The predicted octanol–water partition coefficient (Wildman–Crippen LogP) is 0.407. The molecule has 0 aromatic heterocycles. The fourth-order valence-electron chi connectivity index (χ4n) is 1.90. The molecule has 114 valence electrons. The summed E-state index contributed by atoms with van der Waals surface area (Å²) in [6.07, 6.45) is 1.99. The van der Waals surface area contributed by atoms with Crippen LogP contribution in [0.25, 0.3) is 0 Å². The lowest BCUT2D eigenvalue weighted by Crippen LogP contribution is -2.51. The second kappa shape index (κ2) is 6.58. The topological polar surface area (TPSA) is 98.7 Å². The molecule has 0 aliphatic carbocycles. The fraction of sp³-hybridized carbons (Fsp3) is 0.769.